The summed E-state index contributed by atoms with van der Waals surface area (Å²) in [7, 11) is 0. The van der Waals surface area contributed by atoms with Crippen molar-refractivity contribution in [1.29, 1.82) is 0 Å². The number of amides is 1. The average Bonchev–Trinajstić information content (AvgIpc) is 2.84. The molecule has 1 amide bonds. The van der Waals surface area contributed by atoms with Gasteiger partial charge >= 0.3 is 0 Å². The van der Waals surface area contributed by atoms with Crippen LogP contribution in [0.25, 0.3) is 11.5 Å². The van der Waals surface area contributed by atoms with Crippen LogP contribution in [0.3, 0.4) is 0 Å². The normalized spacial score (nSPS) is 10.2. The van der Waals surface area contributed by atoms with E-state index in [9.17, 15) is 9.59 Å². The summed E-state index contributed by atoms with van der Waals surface area (Å²) in [5, 5.41) is 10.1. The second-order valence-electron chi connectivity index (χ2n) is 4.20. The summed E-state index contributed by atoms with van der Waals surface area (Å²) >= 11 is 0. The van der Waals surface area contributed by atoms with E-state index in [-0.39, 0.29) is 18.1 Å². The van der Waals surface area contributed by atoms with E-state index in [0.29, 0.717) is 11.6 Å². The van der Waals surface area contributed by atoms with Crippen LogP contribution in [0.2, 0.25) is 0 Å². The van der Waals surface area contributed by atoms with E-state index in [0.717, 1.165) is 11.1 Å². The maximum atomic E-state index is 11.5. The quantitative estimate of drug-likeness (QED) is 0.848. The van der Waals surface area contributed by atoms with Crippen LogP contribution in [0.1, 0.15) is 18.9 Å². The molecule has 1 aromatic carbocycles. The monoisotopic (exact) mass is 259 g/mol. The van der Waals surface area contributed by atoms with Gasteiger partial charge in [0.25, 0.3) is 0 Å². The summed E-state index contributed by atoms with van der Waals surface area (Å²) in [6, 6.07) is 5.34. The SMILES string of the molecule is CC(=O)CC(=O)Nc1ccc(-c2nnco2)cc1C. The van der Waals surface area contributed by atoms with E-state index in [1.165, 1.54) is 13.3 Å². The number of anilines is 1. The highest BCUT2D eigenvalue weighted by Gasteiger charge is 2.09. The standard InChI is InChI=1S/C13H13N3O3/c1-8-5-10(13-16-14-7-19-13)3-4-11(8)15-12(18)6-9(2)17/h3-5,7H,6H2,1-2H3,(H,15,18). The van der Waals surface area contributed by atoms with Crippen molar-refractivity contribution in [1.82, 2.24) is 10.2 Å². The second-order valence-corrected chi connectivity index (χ2v) is 4.20. The number of rotatable bonds is 4. The van der Waals surface area contributed by atoms with Crippen LogP contribution in [0.5, 0.6) is 0 Å². The smallest absolute Gasteiger partial charge is 0.247 e. The zero-order valence-electron chi connectivity index (χ0n) is 10.6. The van der Waals surface area contributed by atoms with Crippen molar-refractivity contribution in [2.75, 3.05) is 5.32 Å². The molecule has 2 rings (SSSR count). The molecule has 6 nitrogen and oxygen atoms in total. The lowest BCUT2D eigenvalue weighted by molar-refractivity contribution is -0.124. The molecule has 0 bridgehead atoms. The summed E-state index contributed by atoms with van der Waals surface area (Å²) < 4.78 is 5.09. The lowest BCUT2D eigenvalue weighted by Gasteiger charge is -2.08. The van der Waals surface area contributed by atoms with Crippen molar-refractivity contribution < 1.29 is 14.0 Å². The van der Waals surface area contributed by atoms with Crippen LogP contribution in [0, 0.1) is 6.92 Å². The maximum Gasteiger partial charge on any atom is 0.247 e. The summed E-state index contributed by atoms with van der Waals surface area (Å²) in [4.78, 5) is 22.4. The Morgan fingerprint density at radius 2 is 2.16 bits per heavy atom. The van der Waals surface area contributed by atoms with Crippen molar-refractivity contribution in [2.45, 2.75) is 20.3 Å². The van der Waals surface area contributed by atoms with Crippen molar-refractivity contribution in [3.8, 4) is 11.5 Å². The molecule has 0 spiro atoms. The Hall–Kier alpha value is -2.50. The highest BCUT2D eigenvalue weighted by molar-refractivity contribution is 6.03. The lowest BCUT2D eigenvalue weighted by Crippen LogP contribution is -2.15. The van der Waals surface area contributed by atoms with E-state index in [1.807, 2.05) is 13.0 Å². The molecule has 0 fully saturated rings. The van der Waals surface area contributed by atoms with Gasteiger partial charge < -0.3 is 9.73 Å². The molecule has 6 heteroatoms. The number of carbonyl (C=O) groups excluding carboxylic acids is 2. The molecule has 0 atom stereocenters. The molecular formula is C13H13N3O3. The fourth-order valence-corrected chi connectivity index (χ4v) is 1.66. The maximum absolute atomic E-state index is 11.5. The lowest BCUT2D eigenvalue weighted by atomic mass is 10.1. The first-order valence-electron chi connectivity index (χ1n) is 5.73. The first-order valence-corrected chi connectivity index (χ1v) is 5.73. The molecule has 98 valence electrons. The van der Waals surface area contributed by atoms with Crippen molar-refractivity contribution >= 4 is 17.4 Å². The number of aryl methyl sites for hydroxylation is 1. The highest BCUT2D eigenvalue weighted by Crippen LogP contribution is 2.23. The van der Waals surface area contributed by atoms with Gasteiger partial charge in [0, 0.05) is 11.3 Å². The van der Waals surface area contributed by atoms with Gasteiger partial charge in [-0.2, -0.15) is 0 Å². The van der Waals surface area contributed by atoms with E-state index < -0.39 is 0 Å². The molecule has 1 aromatic heterocycles. The Balaban J connectivity index is 2.16. The fourth-order valence-electron chi connectivity index (χ4n) is 1.66. The Kier molecular flexibility index (Phi) is 3.70. The summed E-state index contributed by atoms with van der Waals surface area (Å²) in [5.74, 6) is -0.0662. The number of benzene rings is 1. The first-order chi connectivity index (χ1) is 9.06. The van der Waals surface area contributed by atoms with Crippen LogP contribution in [-0.2, 0) is 9.59 Å². The summed E-state index contributed by atoms with van der Waals surface area (Å²) in [6.45, 7) is 3.23. The van der Waals surface area contributed by atoms with Crippen LogP contribution >= 0.6 is 0 Å². The number of nitrogens with one attached hydrogen (secondary N) is 1. The number of carbonyl (C=O) groups is 2. The molecule has 0 aliphatic heterocycles. The molecule has 19 heavy (non-hydrogen) atoms. The van der Waals surface area contributed by atoms with Gasteiger partial charge in [0.15, 0.2) is 0 Å². The van der Waals surface area contributed by atoms with Gasteiger partial charge in [-0.1, -0.05) is 0 Å². The fraction of sp³-hybridized carbons (Fsp3) is 0.231. The van der Waals surface area contributed by atoms with E-state index >= 15 is 0 Å². The zero-order chi connectivity index (χ0) is 13.8. The van der Waals surface area contributed by atoms with Gasteiger partial charge in [-0.3, -0.25) is 9.59 Å². The molecule has 0 unspecified atom stereocenters. The number of nitrogens with zero attached hydrogens (tertiary/aromatic N) is 2. The van der Waals surface area contributed by atoms with Crippen LogP contribution in [0.15, 0.2) is 29.0 Å². The van der Waals surface area contributed by atoms with Gasteiger partial charge in [-0.25, -0.2) is 0 Å². The predicted molar refractivity (Wildman–Crippen MR) is 68.4 cm³/mol. The molecule has 0 radical (unpaired) electrons. The van der Waals surface area contributed by atoms with Gasteiger partial charge in [0.2, 0.25) is 18.2 Å². The number of ketones is 1. The summed E-state index contributed by atoms with van der Waals surface area (Å²) in [6.07, 6.45) is 1.14. The minimum atomic E-state index is -0.318. The van der Waals surface area contributed by atoms with Crippen molar-refractivity contribution in [2.24, 2.45) is 0 Å². The van der Waals surface area contributed by atoms with Gasteiger partial charge in [0.05, 0.1) is 6.42 Å². The first kappa shape index (κ1) is 12.9. The highest BCUT2D eigenvalue weighted by atomic mass is 16.4. The third-order valence-electron chi connectivity index (χ3n) is 2.52. The van der Waals surface area contributed by atoms with Crippen molar-refractivity contribution in [3.63, 3.8) is 0 Å². The summed E-state index contributed by atoms with van der Waals surface area (Å²) in [5.41, 5.74) is 2.29. The largest absolute Gasteiger partial charge is 0.423 e. The molecular weight excluding hydrogens is 246 g/mol. The Bertz CT molecular complexity index is 606. The topological polar surface area (TPSA) is 85.1 Å². The number of Topliss-reactive ketones (excluding diaryl/α,β-unsaturated/α-hetero) is 1. The zero-order valence-corrected chi connectivity index (χ0v) is 10.6. The van der Waals surface area contributed by atoms with E-state index in [4.69, 9.17) is 4.42 Å². The molecule has 0 aliphatic carbocycles. The van der Waals surface area contributed by atoms with Crippen LogP contribution < -0.4 is 5.32 Å². The minimum Gasteiger partial charge on any atom is -0.423 e. The van der Waals surface area contributed by atoms with E-state index in [1.54, 1.807) is 12.1 Å². The third-order valence-corrected chi connectivity index (χ3v) is 2.52. The third kappa shape index (κ3) is 3.25. The molecule has 1 heterocycles. The minimum absolute atomic E-state index is 0.120. The molecule has 0 saturated heterocycles. The number of hydrogen-bond donors (Lipinski definition) is 1. The van der Waals surface area contributed by atoms with E-state index in [2.05, 4.69) is 15.5 Å². The Labute approximate surface area is 109 Å². The number of aromatic nitrogens is 2. The number of hydrogen-bond acceptors (Lipinski definition) is 5. The predicted octanol–water partition coefficient (Wildman–Crippen LogP) is 1.96. The average molecular weight is 259 g/mol. The Morgan fingerprint density at radius 1 is 1.37 bits per heavy atom. The van der Waals surface area contributed by atoms with Crippen molar-refractivity contribution in [3.05, 3.63) is 30.2 Å². The van der Waals surface area contributed by atoms with Gasteiger partial charge in [-0.05, 0) is 37.6 Å². The molecule has 2 aromatic rings. The Morgan fingerprint density at radius 3 is 2.74 bits per heavy atom. The van der Waals surface area contributed by atoms with Crippen LogP contribution in [-0.4, -0.2) is 21.9 Å². The van der Waals surface area contributed by atoms with Crippen LogP contribution in [0.4, 0.5) is 5.69 Å². The van der Waals surface area contributed by atoms with Gasteiger partial charge in [0.1, 0.15) is 5.78 Å². The second kappa shape index (κ2) is 5.43. The molecule has 1 N–H and O–H groups in total. The van der Waals surface area contributed by atoms with Gasteiger partial charge in [-0.15, -0.1) is 10.2 Å². The molecule has 0 saturated carbocycles. The molecule has 0 aliphatic rings.